The minimum Gasteiger partial charge on any atom is -0.459 e. The van der Waals surface area contributed by atoms with Gasteiger partial charge in [-0.15, -0.1) is 0 Å². The second-order valence-corrected chi connectivity index (χ2v) is 8.83. The molecule has 0 bridgehead atoms. The molecule has 1 heterocycles. The number of thioether (sulfide) groups is 1. The molecule has 176 valence electrons. The van der Waals surface area contributed by atoms with Crippen molar-refractivity contribution in [3.05, 3.63) is 102 Å². The van der Waals surface area contributed by atoms with Crippen molar-refractivity contribution in [1.29, 1.82) is 0 Å². The molecule has 0 aromatic heterocycles. The summed E-state index contributed by atoms with van der Waals surface area (Å²) in [6.07, 6.45) is -5.07. The molecule has 1 fully saturated rings. The third kappa shape index (κ3) is 5.84. The van der Waals surface area contributed by atoms with E-state index >= 15 is 0 Å². The summed E-state index contributed by atoms with van der Waals surface area (Å²) in [6, 6.07) is 26.1. The number of carbonyl (C=O) groups excluding carboxylic acids is 2. The van der Waals surface area contributed by atoms with Gasteiger partial charge in [-0.05, 0) is 36.4 Å². The van der Waals surface area contributed by atoms with Crippen LogP contribution in [0.4, 0.5) is 0 Å². The topological polar surface area (TPSA) is 102 Å². The molecule has 0 unspecified atom stereocenters. The van der Waals surface area contributed by atoms with Crippen LogP contribution in [-0.2, 0) is 14.2 Å². The lowest BCUT2D eigenvalue weighted by Crippen LogP contribution is -2.59. The fourth-order valence-electron chi connectivity index (χ4n) is 3.48. The smallest absolute Gasteiger partial charge is 0.338 e. The first-order chi connectivity index (χ1) is 16.5. The maximum Gasteiger partial charge on any atom is 0.338 e. The Bertz CT molecular complexity index is 1080. The molecule has 0 amide bonds. The molecule has 34 heavy (non-hydrogen) atoms. The molecule has 7 nitrogen and oxygen atoms in total. The van der Waals surface area contributed by atoms with Crippen LogP contribution in [0.5, 0.6) is 0 Å². The lowest BCUT2D eigenvalue weighted by Gasteiger charge is -2.41. The Morgan fingerprint density at radius 1 is 0.765 bits per heavy atom. The van der Waals surface area contributed by atoms with Gasteiger partial charge in [-0.3, -0.25) is 0 Å². The van der Waals surface area contributed by atoms with Crippen molar-refractivity contribution in [2.75, 3.05) is 6.61 Å². The van der Waals surface area contributed by atoms with Gasteiger partial charge in [0.1, 0.15) is 30.4 Å². The van der Waals surface area contributed by atoms with Crippen LogP contribution in [0.2, 0.25) is 0 Å². The molecular formula is C26H24O7S. The molecule has 2 N–H and O–H groups in total. The van der Waals surface area contributed by atoms with Gasteiger partial charge in [-0.1, -0.05) is 66.4 Å². The predicted molar refractivity (Wildman–Crippen MR) is 125 cm³/mol. The third-order valence-corrected chi connectivity index (χ3v) is 6.44. The summed E-state index contributed by atoms with van der Waals surface area (Å²) in [6.45, 7) is -0.281. The lowest BCUT2D eigenvalue weighted by molar-refractivity contribution is -0.206. The van der Waals surface area contributed by atoms with Crippen LogP contribution in [0.1, 0.15) is 20.7 Å². The fraction of sp³-hybridized carbons (Fsp3) is 0.231. The van der Waals surface area contributed by atoms with Crippen molar-refractivity contribution < 1.29 is 34.0 Å². The minimum absolute atomic E-state index is 0.281. The Kier molecular flexibility index (Phi) is 7.97. The first-order valence-electron chi connectivity index (χ1n) is 10.7. The van der Waals surface area contributed by atoms with E-state index in [2.05, 4.69) is 0 Å². The van der Waals surface area contributed by atoms with E-state index in [1.807, 2.05) is 30.3 Å². The molecule has 1 saturated heterocycles. The summed E-state index contributed by atoms with van der Waals surface area (Å²) in [5.41, 5.74) is -0.182. The van der Waals surface area contributed by atoms with Crippen LogP contribution in [0.3, 0.4) is 0 Å². The van der Waals surface area contributed by atoms with Crippen LogP contribution in [0, 0.1) is 0 Å². The summed E-state index contributed by atoms with van der Waals surface area (Å²) >= 11 is 1.24. The normalized spacial score (nSPS) is 24.2. The number of hydrogen-bond donors (Lipinski definition) is 2. The standard InChI is InChI=1S/C26H24O7S/c27-21-20(16-31-24(29)17-10-4-1-5-11-17)32-26(34-19-14-8-3-9-15-19)23(22(21)28)33-25(30)18-12-6-2-7-13-18/h1-15,20-23,26-28H,16H2/t20-,21+,22+,23-,26+/m1/s1. The lowest BCUT2D eigenvalue weighted by atomic mass is 10.00. The SMILES string of the molecule is O=C(OC[C@H]1O[C@@H](Sc2ccccc2)[C@H](OC(=O)c2ccccc2)[C@@H](O)[C@H]1O)c1ccccc1. The Balaban J connectivity index is 1.50. The van der Waals surface area contributed by atoms with Gasteiger partial charge in [0, 0.05) is 4.90 Å². The number of benzene rings is 3. The van der Waals surface area contributed by atoms with Crippen molar-refractivity contribution in [1.82, 2.24) is 0 Å². The minimum atomic E-state index is -1.46. The Labute approximate surface area is 201 Å². The number of ether oxygens (including phenoxy) is 3. The molecule has 1 aliphatic rings. The van der Waals surface area contributed by atoms with Gasteiger partial charge < -0.3 is 24.4 Å². The van der Waals surface area contributed by atoms with E-state index in [1.165, 1.54) is 11.8 Å². The highest BCUT2D eigenvalue weighted by Gasteiger charge is 2.47. The number of aliphatic hydroxyl groups is 2. The van der Waals surface area contributed by atoms with E-state index in [4.69, 9.17) is 14.2 Å². The van der Waals surface area contributed by atoms with Gasteiger partial charge in [0.2, 0.25) is 0 Å². The summed E-state index contributed by atoms with van der Waals surface area (Å²) < 4.78 is 16.9. The highest BCUT2D eigenvalue weighted by atomic mass is 32.2. The van der Waals surface area contributed by atoms with Gasteiger partial charge in [-0.25, -0.2) is 9.59 Å². The summed E-state index contributed by atoms with van der Waals surface area (Å²) in [4.78, 5) is 25.8. The maximum absolute atomic E-state index is 12.7. The van der Waals surface area contributed by atoms with Gasteiger partial charge in [-0.2, -0.15) is 0 Å². The number of hydrogen-bond acceptors (Lipinski definition) is 8. The Morgan fingerprint density at radius 2 is 1.29 bits per heavy atom. The number of rotatable bonds is 7. The van der Waals surface area contributed by atoms with Gasteiger partial charge in [0.25, 0.3) is 0 Å². The summed E-state index contributed by atoms with van der Waals surface area (Å²) in [5.74, 6) is -1.22. The molecule has 0 aliphatic carbocycles. The summed E-state index contributed by atoms with van der Waals surface area (Å²) in [5, 5.41) is 21.6. The molecule has 3 aromatic carbocycles. The third-order valence-electron chi connectivity index (χ3n) is 5.28. The van der Waals surface area contributed by atoms with Crippen LogP contribution < -0.4 is 0 Å². The zero-order valence-corrected chi connectivity index (χ0v) is 18.9. The number of esters is 2. The van der Waals surface area contributed by atoms with Gasteiger partial charge in [0.05, 0.1) is 11.1 Å². The molecular weight excluding hydrogens is 456 g/mol. The monoisotopic (exact) mass is 480 g/mol. The van der Waals surface area contributed by atoms with Crippen LogP contribution >= 0.6 is 11.8 Å². The second-order valence-electron chi connectivity index (χ2n) is 7.66. The van der Waals surface area contributed by atoms with E-state index in [0.29, 0.717) is 11.1 Å². The zero-order valence-electron chi connectivity index (χ0n) is 18.1. The number of carbonyl (C=O) groups is 2. The van der Waals surface area contributed by atoms with Crippen LogP contribution in [0.15, 0.2) is 95.9 Å². The quantitative estimate of drug-likeness (QED) is 0.497. The first-order valence-corrected chi connectivity index (χ1v) is 11.6. The Morgan fingerprint density at radius 3 is 1.88 bits per heavy atom. The molecule has 8 heteroatoms. The van der Waals surface area contributed by atoms with Crippen molar-refractivity contribution in [3.8, 4) is 0 Å². The van der Waals surface area contributed by atoms with Gasteiger partial charge in [0.15, 0.2) is 6.10 Å². The zero-order chi connectivity index (χ0) is 23.9. The van der Waals surface area contributed by atoms with Crippen LogP contribution in [0.25, 0.3) is 0 Å². The van der Waals surface area contributed by atoms with E-state index < -0.39 is 41.8 Å². The highest BCUT2D eigenvalue weighted by Crippen LogP contribution is 2.35. The highest BCUT2D eigenvalue weighted by molar-refractivity contribution is 7.99. The van der Waals surface area contributed by atoms with Crippen molar-refractivity contribution >= 4 is 23.7 Å². The predicted octanol–water partition coefficient (Wildman–Crippen LogP) is 3.31. The molecule has 3 aromatic rings. The second kappa shape index (κ2) is 11.3. The Hall–Kier alpha value is -3.17. The fourth-order valence-corrected chi connectivity index (χ4v) is 4.61. The molecule has 0 saturated carbocycles. The molecule has 1 aliphatic heterocycles. The average Bonchev–Trinajstić information content (AvgIpc) is 2.89. The summed E-state index contributed by atoms with van der Waals surface area (Å²) in [7, 11) is 0. The molecule has 5 atom stereocenters. The van der Waals surface area contributed by atoms with E-state index in [1.54, 1.807) is 60.7 Å². The first kappa shape index (κ1) is 24.0. The van der Waals surface area contributed by atoms with Gasteiger partial charge >= 0.3 is 11.9 Å². The molecule has 4 rings (SSSR count). The van der Waals surface area contributed by atoms with E-state index in [9.17, 15) is 19.8 Å². The molecule has 0 radical (unpaired) electrons. The van der Waals surface area contributed by atoms with Crippen molar-refractivity contribution in [2.24, 2.45) is 0 Å². The largest absolute Gasteiger partial charge is 0.459 e. The van der Waals surface area contributed by atoms with E-state index in [0.717, 1.165) is 4.90 Å². The maximum atomic E-state index is 12.7. The van der Waals surface area contributed by atoms with Crippen LogP contribution in [-0.4, -0.2) is 58.6 Å². The van der Waals surface area contributed by atoms with Crippen molar-refractivity contribution in [3.63, 3.8) is 0 Å². The molecule has 0 spiro atoms. The average molecular weight is 481 g/mol. The van der Waals surface area contributed by atoms with E-state index in [-0.39, 0.29) is 6.61 Å². The van der Waals surface area contributed by atoms with Crippen molar-refractivity contribution in [2.45, 2.75) is 34.7 Å². The number of aliphatic hydroxyl groups excluding tert-OH is 2.